The summed E-state index contributed by atoms with van der Waals surface area (Å²) in [7, 11) is 3.07. The summed E-state index contributed by atoms with van der Waals surface area (Å²) in [6.07, 6.45) is 0.636. The second kappa shape index (κ2) is 8.38. The molecule has 0 radical (unpaired) electrons. The fourth-order valence-corrected chi connectivity index (χ4v) is 2.27. The highest BCUT2D eigenvalue weighted by atomic mass is 16.5. The predicted molar refractivity (Wildman–Crippen MR) is 82.0 cm³/mol. The third-order valence-corrected chi connectivity index (χ3v) is 3.22. The van der Waals surface area contributed by atoms with Gasteiger partial charge < -0.3 is 19.9 Å². The molecule has 1 aromatic rings. The van der Waals surface area contributed by atoms with Crippen LogP contribution in [-0.4, -0.2) is 43.3 Å². The molecule has 122 valence electrons. The Balaban J connectivity index is 2.58. The highest BCUT2D eigenvalue weighted by Gasteiger charge is 2.29. The molecule has 0 aromatic heterocycles. The van der Waals surface area contributed by atoms with Crippen molar-refractivity contribution in [3.05, 3.63) is 29.8 Å². The van der Waals surface area contributed by atoms with E-state index >= 15 is 0 Å². The molecule has 22 heavy (non-hydrogen) atoms. The minimum atomic E-state index is -0.979. The number of rotatable bonds is 9. The Morgan fingerprint density at radius 2 is 2.05 bits per heavy atom. The Labute approximate surface area is 130 Å². The standard InChI is InChI=1S/C16H23NO5/c1-16(11-21-2,10-15(19)20)17-14(18)8-7-12-5-4-6-13(9-12)22-3/h4-6,9H,7-8,10-11H2,1-3H3,(H,17,18)(H,19,20). The normalized spacial score (nSPS) is 13.2. The Kier molecular flexibility index (Phi) is 6.85. The number of aliphatic carboxylic acids is 1. The Morgan fingerprint density at radius 1 is 1.32 bits per heavy atom. The number of aryl methyl sites for hydroxylation is 1. The molecule has 0 saturated heterocycles. The molecule has 0 aliphatic carbocycles. The van der Waals surface area contributed by atoms with Crippen LogP contribution in [0.25, 0.3) is 0 Å². The zero-order valence-corrected chi connectivity index (χ0v) is 13.2. The summed E-state index contributed by atoms with van der Waals surface area (Å²) in [5.74, 6) is -0.440. The number of carboxylic acid groups (broad SMARTS) is 1. The highest BCUT2D eigenvalue weighted by Crippen LogP contribution is 2.15. The molecule has 1 rings (SSSR count). The van der Waals surface area contributed by atoms with Gasteiger partial charge in [0.2, 0.25) is 5.91 Å². The lowest BCUT2D eigenvalue weighted by atomic mass is 9.98. The third kappa shape index (κ3) is 6.13. The van der Waals surface area contributed by atoms with Gasteiger partial charge in [0.05, 0.1) is 25.7 Å². The van der Waals surface area contributed by atoms with Crippen LogP contribution in [0.2, 0.25) is 0 Å². The van der Waals surface area contributed by atoms with Crippen LogP contribution >= 0.6 is 0 Å². The molecule has 0 aliphatic rings. The van der Waals surface area contributed by atoms with Crippen molar-refractivity contribution in [1.29, 1.82) is 0 Å². The summed E-state index contributed by atoms with van der Waals surface area (Å²) in [6.45, 7) is 1.80. The molecule has 0 bridgehead atoms. The first-order chi connectivity index (χ1) is 10.4. The maximum absolute atomic E-state index is 12.1. The number of carbonyl (C=O) groups is 2. The molecule has 1 unspecified atom stereocenters. The number of hydrogen-bond acceptors (Lipinski definition) is 4. The van der Waals surface area contributed by atoms with Crippen molar-refractivity contribution >= 4 is 11.9 Å². The molecular formula is C16H23NO5. The number of ether oxygens (including phenoxy) is 2. The van der Waals surface area contributed by atoms with Crippen LogP contribution in [0, 0.1) is 0 Å². The maximum Gasteiger partial charge on any atom is 0.305 e. The molecule has 6 nitrogen and oxygen atoms in total. The molecular weight excluding hydrogens is 286 g/mol. The van der Waals surface area contributed by atoms with Crippen molar-refractivity contribution in [2.45, 2.75) is 31.7 Å². The first-order valence-corrected chi connectivity index (χ1v) is 7.03. The van der Waals surface area contributed by atoms with E-state index in [1.165, 1.54) is 7.11 Å². The maximum atomic E-state index is 12.1. The lowest BCUT2D eigenvalue weighted by Gasteiger charge is -2.28. The van der Waals surface area contributed by atoms with Crippen LogP contribution in [-0.2, 0) is 20.7 Å². The van der Waals surface area contributed by atoms with Gasteiger partial charge in [0, 0.05) is 13.5 Å². The zero-order valence-electron chi connectivity index (χ0n) is 13.2. The van der Waals surface area contributed by atoms with Crippen molar-refractivity contribution < 1.29 is 24.2 Å². The van der Waals surface area contributed by atoms with Crippen LogP contribution in [0.1, 0.15) is 25.3 Å². The molecule has 6 heteroatoms. The molecule has 0 saturated carbocycles. The second-order valence-corrected chi connectivity index (χ2v) is 5.46. The number of nitrogens with one attached hydrogen (secondary N) is 1. The van der Waals surface area contributed by atoms with E-state index in [4.69, 9.17) is 14.6 Å². The smallest absolute Gasteiger partial charge is 0.305 e. The van der Waals surface area contributed by atoms with Gasteiger partial charge in [0.15, 0.2) is 0 Å². The van der Waals surface area contributed by atoms with E-state index in [-0.39, 0.29) is 25.4 Å². The van der Waals surface area contributed by atoms with Crippen LogP contribution in [0.5, 0.6) is 5.75 Å². The summed E-state index contributed by atoms with van der Waals surface area (Å²) in [5.41, 5.74) is 0.0765. The minimum Gasteiger partial charge on any atom is -0.497 e. The van der Waals surface area contributed by atoms with E-state index in [0.29, 0.717) is 6.42 Å². The molecule has 2 N–H and O–H groups in total. The van der Waals surface area contributed by atoms with Gasteiger partial charge in [-0.25, -0.2) is 0 Å². The summed E-state index contributed by atoms with van der Waals surface area (Å²) < 4.78 is 10.1. The first kappa shape index (κ1) is 18.0. The summed E-state index contributed by atoms with van der Waals surface area (Å²) >= 11 is 0. The van der Waals surface area contributed by atoms with Gasteiger partial charge in [-0.05, 0) is 31.0 Å². The largest absolute Gasteiger partial charge is 0.497 e. The quantitative estimate of drug-likeness (QED) is 0.724. The SMILES string of the molecule is COCC(C)(CC(=O)O)NC(=O)CCc1cccc(OC)c1. The molecule has 1 atom stereocenters. The molecule has 1 aromatic carbocycles. The average molecular weight is 309 g/mol. The molecule has 0 fully saturated rings. The third-order valence-electron chi connectivity index (χ3n) is 3.22. The fourth-order valence-electron chi connectivity index (χ4n) is 2.27. The van der Waals surface area contributed by atoms with Crippen LogP contribution < -0.4 is 10.1 Å². The Bertz CT molecular complexity index is 517. The van der Waals surface area contributed by atoms with E-state index in [1.807, 2.05) is 24.3 Å². The van der Waals surface area contributed by atoms with Gasteiger partial charge in [0.1, 0.15) is 5.75 Å². The second-order valence-electron chi connectivity index (χ2n) is 5.46. The minimum absolute atomic E-state index is 0.143. The summed E-state index contributed by atoms with van der Waals surface area (Å²) in [4.78, 5) is 23.0. The first-order valence-electron chi connectivity index (χ1n) is 7.03. The van der Waals surface area contributed by atoms with Gasteiger partial charge >= 0.3 is 5.97 Å². The average Bonchev–Trinajstić information content (AvgIpc) is 2.44. The van der Waals surface area contributed by atoms with Crippen molar-refractivity contribution in [2.24, 2.45) is 0 Å². The van der Waals surface area contributed by atoms with Crippen LogP contribution in [0.3, 0.4) is 0 Å². The van der Waals surface area contributed by atoms with Gasteiger partial charge in [-0.2, -0.15) is 0 Å². The topological polar surface area (TPSA) is 84.9 Å². The summed E-state index contributed by atoms with van der Waals surface area (Å²) in [6, 6.07) is 7.50. The predicted octanol–water partition coefficient (Wildman–Crippen LogP) is 1.62. The van der Waals surface area contributed by atoms with Crippen molar-refractivity contribution in [1.82, 2.24) is 5.32 Å². The molecule has 0 aliphatic heterocycles. The monoisotopic (exact) mass is 309 g/mol. The lowest BCUT2D eigenvalue weighted by Crippen LogP contribution is -2.50. The lowest BCUT2D eigenvalue weighted by molar-refractivity contribution is -0.139. The zero-order chi connectivity index (χ0) is 16.6. The Hall–Kier alpha value is -2.08. The fraction of sp³-hybridized carbons (Fsp3) is 0.500. The van der Waals surface area contributed by atoms with Gasteiger partial charge in [-0.15, -0.1) is 0 Å². The molecule has 0 heterocycles. The number of methoxy groups -OCH3 is 2. The van der Waals surface area contributed by atoms with Gasteiger partial charge in [-0.3, -0.25) is 9.59 Å². The molecule has 0 spiro atoms. The highest BCUT2D eigenvalue weighted by molar-refractivity contribution is 5.78. The number of carboxylic acids is 1. The van der Waals surface area contributed by atoms with E-state index in [0.717, 1.165) is 11.3 Å². The number of carbonyl (C=O) groups excluding carboxylic acids is 1. The van der Waals surface area contributed by atoms with E-state index in [2.05, 4.69) is 5.32 Å². The van der Waals surface area contributed by atoms with Crippen molar-refractivity contribution in [2.75, 3.05) is 20.8 Å². The van der Waals surface area contributed by atoms with Crippen LogP contribution in [0.4, 0.5) is 0 Å². The number of hydrogen-bond donors (Lipinski definition) is 2. The van der Waals surface area contributed by atoms with Gasteiger partial charge in [-0.1, -0.05) is 12.1 Å². The summed E-state index contributed by atoms with van der Waals surface area (Å²) in [5, 5.41) is 11.7. The number of amides is 1. The van der Waals surface area contributed by atoms with Crippen molar-refractivity contribution in [3.63, 3.8) is 0 Å². The molecule has 1 amide bonds. The van der Waals surface area contributed by atoms with E-state index < -0.39 is 11.5 Å². The van der Waals surface area contributed by atoms with E-state index in [1.54, 1.807) is 14.0 Å². The van der Waals surface area contributed by atoms with Gasteiger partial charge in [0.25, 0.3) is 0 Å². The van der Waals surface area contributed by atoms with Crippen molar-refractivity contribution in [3.8, 4) is 5.75 Å². The Morgan fingerprint density at radius 3 is 2.64 bits per heavy atom. The van der Waals surface area contributed by atoms with Crippen LogP contribution in [0.15, 0.2) is 24.3 Å². The number of benzene rings is 1. The van der Waals surface area contributed by atoms with E-state index in [9.17, 15) is 9.59 Å².